The smallest absolute Gasteiger partial charge is 0.0406 e. The van der Waals surface area contributed by atoms with E-state index >= 15 is 0 Å². The van der Waals surface area contributed by atoms with Gasteiger partial charge in [0.05, 0.1) is 0 Å². The van der Waals surface area contributed by atoms with Crippen LogP contribution in [0.5, 0.6) is 0 Å². The van der Waals surface area contributed by atoms with E-state index in [-0.39, 0.29) is 0 Å². The van der Waals surface area contributed by atoms with Crippen LogP contribution in [-0.2, 0) is 0 Å². The molecule has 0 unspecified atom stereocenters. The molecule has 12 heavy (non-hydrogen) atoms. The van der Waals surface area contributed by atoms with Crippen LogP contribution in [0.3, 0.4) is 0 Å². The van der Waals surface area contributed by atoms with Crippen molar-refractivity contribution in [2.75, 3.05) is 0 Å². The number of nitrogens with one attached hydrogen (secondary N) is 1. The minimum absolute atomic E-state index is 0.753. The Bertz CT molecular complexity index is 279. The van der Waals surface area contributed by atoms with E-state index in [0.717, 1.165) is 16.3 Å². The highest BCUT2D eigenvalue weighted by molar-refractivity contribution is 7.78. The summed E-state index contributed by atoms with van der Waals surface area (Å²) in [5.74, 6) is 0. The molecule has 0 saturated heterocycles. The SMILES string of the molecule is C/C(=C\c1ccc(Cl)cc1)NS. The standard InChI is InChI=1S/C9H10ClNS/c1-7(11-12)6-8-2-4-9(10)5-3-8/h2-6,11-12H,1H3/b7-6+. The summed E-state index contributed by atoms with van der Waals surface area (Å²) in [5.41, 5.74) is 2.11. The maximum atomic E-state index is 5.73. The minimum Gasteiger partial charge on any atom is -0.336 e. The molecule has 0 aliphatic carbocycles. The Labute approximate surface area is 83.0 Å². The molecule has 1 aromatic rings. The van der Waals surface area contributed by atoms with Gasteiger partial charge in [-0.2, -0.15) is 0 Å². The number of hydrogen-bond acceptors (Lipinski definition) is 2. The molecule has 64 valence electrons. The zero-order valence-corrected chi connectivity index (χ0v) is 8.36. The summed E-state index contributed by atoms with van der Waals surface area (Å²) < 4.78 is 2.75. The van der Waals surface area contributed by atoms with Gasteiger partial charge >= 0.3 is 0 Å². The lowest BCUT2D eigenvalue weighted by atomic mass is 10.2. The first-order chi connectivity index (χ1) is 5.72. The Morgan fingerprint density at radius 3 is 2.50 bits per heavy atom. The first kappa shape index (κ1) is 9.49. The fraction of sp³-hybridized carbons (Fsp3) is 0.111. The van der Waals surface area contributed by atoms with Crippen LogP contribution >= 0.6 is 24.4 Å². The van der Waals surface area contributed by atoms with Crippen molar-refractivity contribution >= 4 is 30.5 Å². The van der Waals surface area contributed by atoms with Crippen LogP contribution in [0.4, 0.5) is 0 Å². The van der Waals surface area contributed by atoms with Gasteiger partial charge in [-0.1, -0.05) is 36.5 Å². The highest BCUT2D eigenvalue weighted by Crippen LogP contribution is 2.11. The average molecular weight is 200 g/mol. The molecule has 1 aromatic carbocycles. The molecule has 1 nitrogen and oxygen atoms in total. The average Bonchev–Trinajstić information content (AvgIpc) is 2.09. The molecule has 1 N–H and O–H groups in total. The lowest BCUT2D eigenvalue weighted by molar-refractivity contribution is 1.24. The van der Waals surface area contributed by atoms with Gasteiger partial charge < -0.3 is 4.72 Å². The molecule has 3 heteroatoms. The van der Waals surface area contributed by atoms with Crippen molar-refractivity contribution in [3.63, 3.8) is 0 Å². The molecule has 0 amide bonds. The van der Waals surface area contributed by atoms with Gasteiger partial charge in [0.1, 0.15) is 0 Å². The number of hydrogen-bond donors (Lipinski definition) is 2. The van der Waals surface area contributed by atoms with Gasteiger partial charge in [0.25, 0.3) is 0 Å². The molecule has 0 bridgehead atoms. The summed E-state index contributed by atoms with van der Waals surface area (Å²) in [7, 11) is 0. The fourth-order valence-corrected chi connectivity index (χ4v) is 1.03. The Morgan fingerprint density at radius 1 is 1.42 bits per heavy atom. The summed E-state index contributed by atoms with van der Waals surface area (Å²) in [6.45, 7) is 1.95. The number of allylic oxidation sites excluding steroid dienone is 1. The normalized spacial score (nSPS) is 11.4. The Balaban J connectivity index is 2.84. The van der Waals surface area contributed by atoms with E-state index in [1.165, 1.54) is 0 Å². The van der Waals surface area contributed by atoms with Crippen molar-refractivity contribution in [3.05, 3.63) is 40.5 Å². The summed E-state index contributed by atoms with van der Waals surface area (Å²) in [5, 5.41) is 0.753. The molecule has 0 heterocycles. The highest BCUT2D eigenvalue weighted by atomic mass is 35.5. The zero-order chi connectivity index (χ0) is 8.97. The van der Waals surface area contributed by atoms with E-state index in [1.807, 2.05) is 37.3 Å². The highest BCUT2D eigenvalue weighted by Gasteiger charge is 1.89. The van der Waals surface area contributed by atoms with Crippen molar-refractivity contribution in [1.82, 2.24) is 4.72 Å². The van der Waals surface area contributed by atoms with Crippen LogP contribution in [0, 0.1) is 0 Å². The second-order valence-electron chi connectivity index (χ2n) is 2.49. The number of halogens is 1. The quantitative estimate of drug-likeness (QED) is 0.698. The van der Waals surface area contributed by atoms with Gasteiger partial charge in [-0.3, -0.25) is 0 Å². The number of rotatable bonds is 2. The first-order valence-corrected chi connectivity index (χ1v) is 4.39. The third-order valence-electron chi connectivity index (χ3n) is 1.43. The maximum absolute atomic E-state index is 5.73. The van der Waals surface area contributed by atoms with E-state index in [9.17, 15) is 0 Å². The monoisotopic (exact) mass is 199 g/mol. The van der Waals surface area contributed by atoms with Crippen molar-refractivity contribution < 1.29 is 0 Å². The lowest BCUT2D eigenvalue weighted by Gasteiger charge is -1.98. The van der Waals surface area contributed by atoms with E-state index in [2.05, 4.69) is 17.5 Å². The van der Waals surface area contributed by atoms with Crippen LogP contribution in [0.25, 0.3) is 6.08 Å². The van der Waals surface area contributed by atoms with Crippen molar-refractivity contribution in [3.8, 4) is 0 Å². The molecule has 0 atom stereocenters. The van der Waals surface area contributed by atoms with Crippen LogP contribution in [-0.4, -0.2) is 0 Å². The van der Waals surface area contributed by atoms with Crippen LogP contribution in [0.1, 0.15) is 12.5 Å². The maximum Gasteiger partial charge on any atom is 0.0406 e. The van der Waals surface area contributed by atoms with E-state index in [1.54, 1.807) is 0 Å². The molecule has 0 aliphatic heterocycles. The topological polar surface area (TPSA) is 12.0 Å². The molecule has 0 aromatic heterocycles. The third kappa shape index (κ3) is 2.80. The summed E-state index contributed by atoms with van der Waals surface area (Å²) >= 11 is 9.65. The Morgan fingerprint density at radius 2 is 2.00 bits per heavy atom. The van der Waals surface area contributed by atoms with Gasteiger partial charge in [-0.15, -0.1) is 0 Å². The van der Waals surface area contributed by atoms with E-state index in [4.69, 9.17) is 11.6 Å². The zero-order valence-electron chi connectivity index (χ0n) is 6.71. The predicted octanol–water partition coefficient (Wildman–Crippen LogP) is 3.14. The Hall–Kier alpha value is -0.600. The molecule has 0 fully saturated rings. The second-order valence-corrected chi connectivity index (χ2v) is 3.15. The molecule has 0 saturated carbocycles. The van der Waals surface area contributed by atoms with E-state index < -0.39 is 0 Å². The van der Waals surface area contributed by atoms with Gasteiger partial charge in [0, 0.05) is 10.7 Å². The first-order valence-electron chi connectivity index (χ1n) is 3.56. The van der Waals surface area contributed by atoms with Gasteiger partial charge in [0.2, 0.25) is 0 Å². The number of thiol groups is 1. The predicted molar refractivity (Wildman–Crippen MR) is 57.2 cm³/mol. The van der Waals surface area contributed by atoms with Gasteiger partial charge in [0.15, 0.2) is 0 Å². The number of benzene rings is 1. The van der Waals surface area contributed by atoms with Gasteiger partial charge in [-0.05, 0) is 30.7 Å². The molecule has 0 radical (unpaired) electrons. The van der Waals surface area contributed by atoms with Crippen LogP contribution in [0.15, 0.2) is 30.0 Å². The van der Waals surface area contributed by atoms with E-state index in [0.29, 0.717) is 0 Å². The van der Waals surface area contributed by atoms with Crippen molar-refractivity contribution in [1.29, 1.82) is 0 Å². The summed E-state index contributed by atoms with van der Waals surface area (Å²) in [4.78, 5) is 0. The molecular weight excluding hydrogens is 190 g/mol. The molecular formula is C9H10ClNS. The molecule has 0 spiro atoms. The van der Waals surface area contributed by atoms with Crippen LogP contribution in [0.2, 0.25) is 5.02 Å². The Kier molecular flexibility index (Phi) is 3.50. The fourth-order valence-electron chi connectivity index (χ4n) is 0.841. The molecule has 0 aliphatic rings. The minimum atomic E-state index is 0.753. The van der Waals surface area contributed by atoms with Gasteiger partial charge in [-0.25, -0.2) is 0 Å². The van der Waals surface area contributed by atoms with Crippen molar-refractivity contribution in [2.45, 2.75) is 6.92 Å². The van der Waals surface area contributed by atoms with Crippen molar-refractivity contribution in [2.24, 2.45) is 0 Å². The third-order valence-corrected chi connectivity index (χ3v) is 2.03. The lowest BCUT2D eigenvalue weighted by Crippen LogP contribution is -1.92. The summed E-state index contributed by atoms with van der Waals surface area (Å²) in [6.07, 6.45) is 1.99. The molecule has 1 rings (SSSR count). The summed E-state index contributed by atoms with van der Waals surface area (Å²) in [6, 6.07) is 7.63. The largest absolute Gasteiger partial charge is 0.336 e. The van der Waals surface area contributed by atoms with Crippen LogP contribution < -0.4 is 4.72 Å². The second kappa shape index (κ2) is 4.43.